The lowest BCUT2D eigenvalue weighted by atomic mass is 10.1. The van der Waals surface area contributed by atoms with E-state index in [4.69, 9.17) is 4.74 Å². The van der Waals surface area contributed by atoms with Crippen LogP contribution in [0.1, 0.15) is 30.4 Å². The number of amides is 2. The highest BCUT2D eigenvalue weighted by atomic mass is 16.5. The second-order valence-corrected chi connectivity index (χ2v) is 6.55. The maximum Gasteiger partial charge on any atom is 0.227 e. The van der Waals surface area contributed by atoms with Crippen LogP contribution in [0.5, 0.6) is 0 Å². The molecule has 5 heteroatoms. The molecule has 0 unspecified atom stereocenters. The van der Waals surface area contributed by atoms with E-state index in [9.17, 15) is 9.59 Å². The monoisotopic (exact) mass is 316 g/mol. The predicted octanol–water partition coefficient (Wildman–Crippen LogP) is 1.95. The van der Waals surface area contributed by atoms with Gasteiger partial charge in [-0.25, -0.2) is 0 Å². The highest BCUT2D eigenvalue weighted by Gasteiger charge is 2.35. The lowest BCUT2D eigenvalue weighted by Gasteiger charge is -2.18. The molecular formula is C18H24N2O3. The van der Waals surface area contributed by atoms with Crippen molar-refractivity contribution in [1.29, 1.82) is 0 Å². The minimum Gasteiger partial charge on any atom is -0.376 e. The van der Waals surface area contributed by atoms with Crippen LogP contribution in [0.25, 0.3) is 0 Å². The van der Waals surface area contributed by atoms with Gasteiger partial charge in [0.05, 0.1) is 12.0 Å². The van der Waals surface area contributed by atoms with Gasteiger partial charge in [0.15, 0.2) is 0 Å². The molecule has 2 heterocycles. The molecule has 23 heavy (non-hydrogen) atoms. The molecule has 124 valence electrons. The van der Waals surface area contributed by atoms with Gasteiger partial charge in [0, 0.05) is 31.8 Å². The summed E-state index contributed by atoms with van der Waals surface area (Å²) >= 11 is 0. The maximum absolute atomic E-state index is 12.3. The van der Waals surface area contributed by atoms with Gasteiger partial charge in [-0.3, -0.25) is 9.59 Å². The van der Waals surface area contributed by atoms with Gasteiger partial charge in [-0.2, -0.15) is 0 Å². The molecule has 3 rings (SSSR count). The average Bonchev–Trinajstić information content (AvgIpc) is 3.17. The molecular weight excluding hydrogens is 292 g/mol. The van der Waals surface area contributed by atoms with Crippen molar-refractivity contribution >= 4 is 17.5 Å². The number of carbonyl (C=O) groups excluding carboxylic acids is 2. The molecule has 2 aliphatic rings. The van der Waals surface area contributed by atoms with Crippen molar-refractivity contribution in [1.82, 2.24) is 5.32 Å². The third-order valence-corrected chi connectivity index (χ3v) is 4.83. The van der Waals surface area contributed by atoms with Crippen molar-refractivity contribution in [2.75, 3.05) is 24.6 Å². The van der Waals surface area contributed by atoms with E-state index in [1.54, 1.807) is 4.90 Å². The number of carbonyl (C=O) groups is 2. The molecule has 1 aromatic carbocycles. The van der Waals surface area contributed by atoms with Gasteiger partial charge in [0.25, 0.3) is 0 Å². The fourth-order valence-corrected chi connectivity index (χ4v) is 3.19. The molecule has 0 spiro atoms. The number of rotatable bonds is 4. The van der Waals surface area contributed by atoms with Crippen LogP contribution in [0, 0.1) is 19.8 Å². The molecule has 0 saturated carbocycles. The number of nitrogens with one attached hydrogen (secondary N) is 1. The van der Waals surface area contributed by atoms with Crippen molar-refractivity contribution in [2.24, 2.45) is 5.92 Å². The fraction of sp³-hybridized carbons (Fsp3) is 0.556. The van der Waals surface area contributed by atoms with Crippen molar-refractivity contribution in [3.05, 3.63) is 29.3 Å². The molecule has 2 fully saturated rings. The lowest BCUT2D eigenvalue weighted by Crippen LogP contribution is -2.37. The molecule has 0 radical (unpaired) electrons. The number of anilines is 1. The van der Waals surface area contributed by atoms with Crippen molar-refractivity contribution in [3.63, 3.8) is 0 Å². The van der Waals surface area contributed by atoms with Crippen molar-refractivity contribution < 1.29 is 14.3 Å². The molecule has 0 aliphatic carbocycles. The summed E-state index contributed by atoms with van der Waals surface area (Å²) in [5.41, 5.74) is 3.24. The molecule has 0 aromatic heterocycles. The fourth-order valence-electron chi connectivity index (χ4n) is 3.19. The minimum absolute atomic E-state index is 0.0190. The highest BCUT2D eigenvalue weighted by molar-refractivity contribution is 6.00. The normalized spacial score (nSPS) is 24.3. The Labute approximate surface area is 137 Å². The Morgan fingerprint density at radius 3 is 2.87 bits per heavy atom. The van der Waals surface area contributed by atoms with Crippen LogP contribution in [0.4, 0.5) is 5.69 Å². The Kier molecular flexibility index (Phi) is 4.66. The van der Waals surface area contributed by atoms with Crippen LogP contribution in [-0.4, -0.2) is 37.6 Å². The molecule has 2 saturated heterocycles. The molecule has 1 aromatic rings. The molecule has 2 atom stereocenters. The van der Waals surface area contributed by atoms with Gasteiger partial charge in [-0.05, 0) is 49.9 Å². The number of aryl methyl sites for hydroxylation is 2. The smallest absolute Gasteiger partial charge is 0.227 e. The Balaban J connectivity index is 1.59. The zero-order valence-corrected chi connectivity index (χ0v) is 13.8. The van der Waals surface area contributed by atoms with Gasteiger partial charge in [-0.15, -0.1) is 0 Å². The van der Waals surface area contributed by atoms with Crippen LogP contribution >= 0.6 is 0 Å². The van der Waals surface area contributed by atoms with Crippen LogP contribution in [-0.2, 0) is 14.3 Å². The summed E-state index contributed by atoms with van der Waals surface area (Å²) in [5, 5.41) is 2.94. The molecule has 5 nitrogen and oxygen atoms in total. The number of ether oxygens (including phenoxy) is 1. The molecule has 1 N–H and O–H groups in total. The van der Waals surface area contributed by atoms with Crippen molar-refractivity contribution in [2.45, 2.75) is 39.2 Å². The van der Waals surface area contributed by atoms with E-state index in [2.05, 4.69) is 5.32 Å². The van der Waals surface area contributed by atoms with E-state index < -0.39 is 0 Å². The second-order valence-electron chi connectivity index (χ2n) is 6.55. The van der Waals surface area contributed by atoms with Crippen molar-refractivity contribution in [3.8, 4) is 0 Å². The summed E-state index contributed by atoms with van der Waals surface area (Å²) in [4.78, 5) is 26.3. The summed E-state index contributed by atoms with van der Waals surface area (Å²) < 4.78 is 5.51. The summed E-state index contributed by atoms with van der Waals surface area (Å²) in [6.07, 6.45) is 2.47. The van der Waals surface area contributed by atoms with Crippen LogP contribution in [0.2, 0.25) is 0 Å². The van der Waals surface area contributed by atoms with E-state index in [-0.39, 0.29) is 30.3 Å². The molecule has 2 aliphatic heterocycles. The topological polar surface area (TPSA) is 58.6 Å². The van der Waals surface area contributed by atoms with Gasteiger partial charge in [0.1, 0.15) is 0 Å². The number of nitrogens with zero attached hydrogens (tertiary/aromatic N) is 1. The average molecular weight is 316 g/mol. The Hall–Kier alpha value is -1.88. The van der Waals surface area contributed by atoms with Gasteiger partial charge in [0.2, 0.25) is 11.8 Å². The maximum atomic E-state index is 12.3. The first-order chi connectivity index (χ1) is 11.0. The number of benzene rings is 1. The molecule has 2 amide bonds. The summed E-state index contributed by atoms with van der Waals surface area (Å²) in [7, 11) is 0. The quantitative estimate of drug-likeness (QED) is 0.924. The number of hydrogen-bond acceptors (Lipinski definition) is 3. The third kappa shape index (κ3) is 3.55. The predicted molar refractivity (Wildman–Crippen MR) is 88.4 cm³/mol. The molecule has 0 bridgehead atoms. The van der Waals surface area contributed by atoms with E-state index >= 15 is 0 Å². The van der Waals surface area contributed by atoms with Crippen LogP contribution in [0.3, 0.4) is 0 Å². The summed E-state index contributed by atoms with van der Waals surface area (Å²) in [5.74, 6) is -0.295. The van der Waals surface area contributed by atoms with E-state index in [1.165, 1.54) is 5.56 Å². The highest BCUT2D eigenvalue weighted by Crippen LogP contribution is 2.27. The second kappa shape index (κ2) is 6.71. The zero-order valence-electron chi connectivity index (χ0n) is 13.8. The Morgan fingerprint density at radius 1 is 1.35 bits per heavy atom. The Bertz CT molecular complexity index is 608. The first kappa shape index (κ1) is 16.0. The van der Waals surface area contributed by atoms with Gasteiger partial charge < -0.3 is 15.0 Å². The van der Waals surface area contributed by atoms with Crippen LogP contribution < -0.4 is 10.2 Å². The third-order valence-electron chi connectivity index (χ3n) is 4.83. The first-order valence-corrected chi connectivity index (χ1v) is 8.31. The lowest BCUT2D eigenvalue weighted by molar-refractivity contribution is -0.126. The zero-order chi connectivity index (χ0) is 16.4. The van der Waals surface area contributed by atoms with E-state index in [0.29, 0.717) is 13.1 Å². The summed E-state index contributed by atoms with van der Waals surface area (Å²) in [6, 6.07) is 5.98. The first-order valence-electron chi connectivity index (χ1n) is 8.31. The largest absolute Gasteiger partial charge is 0.376 e. The Morgan fingerprint density at radius 2 is 2.17 bits per heavy atom. The van der Waals surface area contributed by atoms with Gasteiger partial charge in [-0.1, -0.05) is 6.07 Å². The van der Waals surface area contributed by atoms with E-state index in [1.807, 2.05) is 32.0 Å². The number of hydrogen-bond donors (Lipinski definition) is 1. The summed E-state index contributed by atoms with van der Waals surface area (Å²) in [6.45, 7) is 5.87. The standard InChI is InChI=1S/C18H24N2O3/c1-12-5-6-15(8-13(12)2)20-11-14(9-17(20)21)18(22)19-10-16-4-3-7-23-16/h5-6,8,14,16H,3-4,7,9-11H2,1-2H3,(H,19,22)/t14-,16+/m0/s1. The van der Waals surface area contributed by atoms with Gasteiger partial charge >= 0.3 is 0 Å². The minimum atomic E-state index is -0.273. The van der Waals surface area contributed by atoms with E-state index in [0.717, 1.165) is 30.7 Å². The van der Waals surface area contributed by atoms with Crippen LogP contribution in [0.15, 0.2) is 18.2 Å². The SMILES string of the molecule is Cc1ccc(N2C[C@@H](C(=O)NC[C@H]3CCCO3)CC2=O)cc1C.